The summed E-state index contributed by atoms with van der Waals surface area (Å²) in [5.41, 5.74) is 0. The van der Waals surface area contributed by atoms with Crippen molar-refractivity contribution >= 4 is 15.9 Å². The molecule has 0 aromatic rings. The topological polar surface area (TPSA) is 18.5 Å². The molecule has 0 aromatic heterocycles. The van der Waals surface area contributed by atoms with Gasteiger partial charge in [0.05, 0.1) is 0 Å². The van der Waals surface area contributed by atoms with Crippen molar-refractivity contribution in [1.82, 2.24) is 0 Å². The third kappa shape index (κ3) is 2.81. The highest BCUT2D eigenvalue weighted by Gasteiger charge is 2.42. The lowest BCUT2D eigenvalue weighted by atomic mass is 10.1. The van der Waals surface area contributed by atoms with Gasteiger partial charge in [-0.15, -0.1) is 6.58 Å². The monoisotopic (exact) mass is 262 g/mol. The first-order chi connectivity index (χ1) is 6.50. The van der Waals surface area contributed by atoms with E-state index in [1.165, 1.54) is 0 Å². The molecular weight excluding hydrogens is 244 g/mol. The Hall–Kier alpha value is 0.140. The highest BCUT2D eigenvalue weighted by atomic mass is 79.9. The molecule has 3 heteroatoms. The molecule has 1 heterocycles. The van der Waals surface area contributed by atoms with Gasteiger partial charge in [-0.3, -0.25) is 0 Å². The van der Waals surface area contributed by atoms with E-state index >= 15 is 0 Å². The Morgan fingerprint density at radius 2 is 2.14 bits per heavy atom. The van der Waals surface area contributed by atoms with Crippen LogP contribution in [0.4, 0.5) is 0 Å². The summed E-state index contributed by atoms with van der Waals surface area (Å²) in [7, 11) is 0. The van der Waals surface area contributed by atoms with E-state index in [-0.39, 0.29) is 12.2 Å². The molecule has 0 aromatic carbocycles. The van der Waals surface area contributed by atoms with Gasteiger partial charge in [-0.1, -0.05) is 35.4 Å². The van der Waals surface area contributed by atoms with Crippen molar-refractivity contribution in [2.45, 2.75) is 56.4 Å². The van der Waals surface area contributed by atoms with Crippen LogP contribution in [0.25, 0.3) is 0 Å². The van der Waals surface area contributed by atoms with Gasteiger partial charge in [0.1, 0.15) is 12.2 Å². The smallest absolute Gasteiger partial charge is 0.164 e. The average Bonchev–Trinajstić information content (AvgIpc) is 2.41. The van der Waals surface area contributed by atoms with Crippen LogP contribution in [0.2, 0.25) is 0 Å². The number of alkyl halides is 1. The molecule has 14 heavy (non-hydrogen) atoms. The second-order valence-electron chi connectivity index (χ2n) is 4.11. The maximum atomic E-state index is 5.83. The van der Waals surface area contributed by atoms with E-state index in [1.807, 2.05) is 19.9 Å². The molecule has 0 bridgehead atoms. The highest BCUT2D eigenvalue weighted by molar-refractivity contribution is 9.09. The second-order valence-corrected chi connectivity index (χ2v) is 5.28. The van der Waals surface area contributed by atoms with Crippen molar-refractivity contribution in [3.05, 3.63) is 12.7 Å². The average molecular weight is 263 g/mol. The molecule has 0 aliphatic carbocycles. The van der Waals surface area contributed by atoms with Crippen LogP contribution in [-0.2, 0) is 9.47 Å². The summed E-state index contributed by atoms with van der Waals surface area (Å²) >= 11 is 3.64. The summed E-state index contributed by atoms with van der Waals surface area (Å²) in [6, 6.07) is 0. The quantitative estimate of drug-likeness (QED) is 0.572. The Bertz CT molecular complexity index is 203. The first-order valence-corrected chi connectivity index (χ1v) is 6.04. The minimum Gasteiger partial charge on any atom is -0.343 e. The maximum absolute atomic E-state index is 5.83. The Labute approximate surface area is 94.8 Å². The summed E-state index contributed by atoms with van der Waals surface area (Å²) in [5.74, 6) is -0.483. The summed E-state index contributed by atoms with van der Waals surface area (Å²) < 4.78 is 11.5. The number of rotatable bonds is 4. The van der Waals surface area contributed by atoms with Crippen LogP contribution in [-0.4, -0.2) is 22.8 Å². The standard InChI is InChI=1S/C11H19BrO2/c1-5-7-8(12)10-9(6-2)13-11(3,4)14-10/h6,8-10H,2,5,7H2,1,3-4H3/t8-,9-,10-/m1/s1. The van der Waals surface area contributed by atoms with Gasteiger partial charge in [-0.05, 0) is 20.3 Å². The van der Waals surface area contributed by atoms with Gasteiger partial charge >= 0.3 is 0 Å². The van der Waals surface area contributed by atoms with E-state index in [9.17, 15) is 0 Å². The molecule has 0 amide bonds. The van der Waals surface area contributed by atoms with Crippen molar-refractivity contribution < 1.29 is 9.47 Å². The normalized spacial score (nSPS) is 32.9. The van der Waals surface area contributed by atoms with E-state index in [1.54, 1.807) is 0 Å². The van der Waals surface area contributed by atoms with Crippen molar-refractivity contribution in [1.29, 1.82) is 0 Å². The summed E-state index contributed by atoms with van der Waals surface area (Å²) in [4.78, 5) is 0.345. The summed E-state index contributed by atoms with van der Waals surface area (Å²) in [6.45, 7) is 9.82. The van der Waals surface area contributed by atoms with Crippen molar-refractivity contribution in [2.75, 3.05) is 0 Å². The van der Waals surface area contributed by atoms with Crippen molar-refractivity contribution in [3.63, 3.8) is 0 Å². The Balaban J connectivity index is 2.63. The van der Waals surface area contributed by atoms with Gasteiger partial charge < -0.3 is 9.47 Å². The molecule has 1 aliphatic heterocycles. The zero-order valence-corrected chi connectivity index (χ0v) is 10.7. The van der Waals surface area contributed by atoms with Crippen molar-refractivity contribution in [2.24, 2.45) is 0 Å². The highest BCUT2D eigenvalue weighted by Crippen LogP contribution is 2.34. The molecule has 0 saturated carbocycles. The molecule has 1 rings (SSSR count). The lowest BCUT2D eigenvalue weighted by Gasteiger charge is -2.20. The lowest BCUT2D eigenvalue weighted by molar-refractivity contribution is -0.142. The van der Waals surface area contributed by atoms with Crippen LogP contribution in [0, 0.1) is 0 Å². The van der Waals surface area contributed by atoms with Crippen LogP contribution in [0.1, 0.15) is 33.6 Å². The molecule has 1 fully saturated rings. The summed E-state index contributed by atoms with van der Waals surface area (Å²) in [5, 5.41) is 0. The zero-order valence-electron chi connectivity index (χ0n) is 9.13. The van der Waals surface area contributed by atoms with Gasteiger partial charge in [0.2, 0.25) is 0 Å². The first kappa shape index (κ1) is 12.2. The molecule has 0 spiro atoms. The van der Waals surface area contributed by atoms with Gasteiger partial charge in [0.15, 0.2) is 5.79 Å². The number of ether oxygens (including phenoxy) is 2. The van der Waals surface area contributed by atoms with E-state index in [0.717, 1.165) is 12.8 Å². The fourth-order valence-electron chi connectivity index (χ4n) is 1.72. The fourth-order valence-corrected chi connectivity index (χ4v) is 2.59. The molecule has 0 N–H and O–H groups in total. The van der Waals surface area contributed by atoms with Crippen LogP contribution >= 0.6 is 15.9 Å². The van der Waals surface area contributed by atoms with E-state index in [4.69, 9.17) is 9.47 Å². The molecular formula is C11H19BrO2. The maximum Gasteiger partial charge on any atom is 0.164 e. The zero-order chi connectivity index (χ0) is 10.8. The number of hydrogen-bond acceptors (Lipinski definition) is 2. The Morgan fingerprint density at radius 3 is 2.64 bits per heavy atom. The van der Waals surface area contributed by atoms with Gasteiger partial charge in [0, 0.05) is 4.83 Å². The summed E-state index contributed by atoms with van der Waals surface area (Å²) in [6.07, 6.45) is 4.14. The molecule has 3 atom stereocenters. The largest absolute Gasteiger partial charge is 0.343 e. The van der Waals surface area contributed by atoms with Crippen LogP contribution in [0.15, 0.2) is 12.7 Å². The number of halogens is 1. The molecule has 1 aliphatic rings. The predicted octanol–water partition coefficient (Wildman–Crippen LogP) is 3.26. The van der Waals surface area contributed by atoms with Gasteiger partial charge in [-0.2, -0.15) is 0 Å². The molecule has 1 saturated heterocycles. The number of hydrogen-bond donors (Lipinski definition) is 0. The van der Waals surface area contributed by atoms with Gasteiger partial charge in [0.25, 0.3) is 0 Å². The van der Waals surface area contributed by atoms with E-state index < -0.39 is 5.79 Å². The van der Waals surface area contributed by atoms with Crippen LogP contribution in [0.3, 0.4) is 0 Å². The van der Waals surface area contributed by atoms with E-state index in [0.29, 0.717) is 4.83 Å². The molecule has 0 radical (unpaired) electrons. The Morgan fingerprint density at radius 1 is 1.50 bits per heavy atom. The molecule has 0 unspecified atom stereocenters. The second kappa shape index (κ2) is 4.77. The Kier molecular flexibility index (Phi) is 4.16. The minimum atomic E-state index is -0.483. The minimum absolute atomic E-state index is 0.000856. The predicted molar refractivity (Wildman–Crippen MR) is 61.6 cm³/mol. The first-order valence-electron chi connectivity index (χ1n) is 5.12. The lowest BCUT2D eigenvalue weighted by Crippen LogP contribution is -2.30. The fraction of sp³-hybridized carbons (Fsp3) is 0.818. The van der Waals surface area contributed by atoms with Crippen molar-refractivity contribution in [3.8, 4) is 0 Å². The van der Waals surface area contributed by atoms with E-state index in [2.05, 4.69) is 29.4 Å². The molecule has 82 valence electrons. The van der Waals surface area contributed by atoms with Crippen LogP contribution in [0.5, 0.6) is 0 Å². The third-order valence-corrected chi connectivity index (χ3v) is 3.30. The van der Waals surface area contributed by atoms with Crippen LogP contribution < -0.4 is 0 Å². The van der Waals surface area contributed by atoms with Gasteiger partial charge in [-0.25, -0.2) is 0 Å². The molecule has 2 nitrogen and oxygen atoms in total. The SMILES string of the molecule is C=C[C@H]1OC(C)(C)O[C@@H]1[C@H](Br)CCC. The third-order valence-electron chi connectivity index (χ3n) is 2.32.